The van der Waals surface area contributed by atoms with Gasteiger partial charge in [0.2, 0.25) is 5.91 Å². The predicted molar refractivity (Wildman–Crippen MR) is 117 cm³/mol. The molecule has 3 aromatic carbocycles. The van der Waals surface area contributed by atoms with Crippen LogP contribution in [0, 0.1) is 0 Å². The summed E-state index contributed by atoms with van der Waals surface area (Å²) in [6.07, 6.45) is -3.56. The van der Waals surface area contributed by atoms with Crippen molar-refractivity contribution >= 4 is 33.7 Å². The van der Waals surface area contributed by atoms with E-state index in [0.717, 1.165) is 28.7 Å². The zero-order valence-corrected chi connectivity index (χ0v) is 17.5. The molecule has 0 saturated carbocycles. The maximum Gasteiger partial charge on any atom is 0.416 e. The van der Waals surface area contributed by atoms with Gasteiger partial charge in [-0.3, -0.25) is 9.59 Å². The minimum atomic E-state index is -4.40. The van der Waals surface area contributed by atoms with E-state index in [1.807, 2.05) is 6.07 Å². The lowest BCUT2D eigenvalue weighted by Gasteiger charge is -2.08. The lowest BCUT2D eigenvalue weighted by atomic mass is 10.0. The topological polar surface area (TPSA) is 59.1 Å². The van der Waals surface area contributed by atoms with Crippen LogP contribution >= 0.6 is 11.3 Å². The van der Waals surface area contributed by atoms with Gasteiger partial charge in [0.25, 0.3) is 0 Å². The SMILES string of the molecule is O=Cc1cccc(CNC(=O)Cc2nc3ccc(-c4cccc(C(F)(F)F)c4)cc3s2)c1. The molecule has 0 fully saturated rings. The minimum absolute atomic E-state index is 0.0889. The molecule has 4 nitrogen and oxygen atoms in total. The van der Waals surface area contributed by atoms with Gasteiger partial charge < -0.3 is 5.32 Å². The molecule has 162 valence electrons. The number of benzene rings is 3. The molecule has 0 radical (unpaired) electrons. The lowest BCUT2D eigenvalue weighted by Crippen LogP contribution is -2.24. The van der Waals surface area contributed by atoms with E-state index in [2.05, 4.69) is 10.3 Å². The van der Waals surface area contributed by atoms with Crippen LogP contribution in [0.25, 0.3) is 21.3 Å². The van der Waals surface area contributed by atoms with Gasteiger partial charge in [0.05, 0.1) is 22.2 Å². The largest absolute Gasteiger partial charge is 0.416 e. The summed E-state index contributed by atoms with van der Waals surface area (Å²) in [6, 6.07) is 17.4. The highest BCUT2D eigenvalue weighted by Gasteiger charge is 2.30. The van der Waals surface area contributed by atoms with Crippen molar-refractivity contribution in [3.05, 3.63) is 88.4 Å². The summed E-state index contributed by atoms with van der Waals surface area (Å²) < 4.78 is 39.8. The highest BCUT2D eigenvalue weighted by molar-refractivity contribution is 7.18. The molecular formula is C24H17F3N2O2S. The number of hydrogen-bond acceptors (Lipinski definition) is 4. The number of amides is 1. The summed E-state index contributed by atoms with van der Waals surface area (Å²) in [4.78, 5) is 27.6. The zero-order valence-electron chi connectivity index (χ0n) is 16.6. The third-order valence-electron chi connectivity index (χ3n) is 4.84. The first-order chi connectivity index (χ1) is 15.3. The molecule has 1 aromatic heterocycles. The molecule has 4 rings (SSSR count). The molecule has 0 aliphatic carbocycles. The van der Waals surface area contributed by atoms with Gasteiger partial charge in [-0.25, -0.2) is 4.98 Å². The number of rotatable bonds is 6. The van der Waals surface area contributed by atoms with Crippen LogP contribution in [0.1, 0.15) is 26.5 Å². The van der Waals surface area contributed by atoms with Crippen molar-refractivity contribution in [3.63, 3.8) is 0 Å². The van der Waals surface area contributed by atoms with Gasteiger partial charge in [-0.05, 0) is 47.0 Å². The second-order valence-corrected chi connectivity index (χ2v) is 8.30. The predicted octanol–water partition coefficient (Wildman–Crippen LogP) is 5.65. The summed E-state index contributed by atoms with van der Waals surface area (Å²) in [6.45, 7) is 0.297. The fraction of sp³-hybridized carbons (Fsp3) is 0.125. The van der Waals surface area contributed by atoms with Crippen LogP contribution in [-0.2, 0) is 23.9 Å². The maximum absolute atomic E-state index is 13.0. The van der Waals surface area contributed by atoms with Gasteiger partial charge in [-0.1, -0.05) is 36.4 Å². The van der Waals surface area contributed by atoms with Crippen LogP contribution in [0.5, 0.6) is 0 Å². The van der Waals surface area contributed by atoms with E-state index in [1.165, 1.54) is 17.4 Å². The maximum atomic E-state index is 13.0. The Morgan fingerprint density at radius 2 is 1.78 bits per heavy atom. The quantitative estimate of drug-likeness (QED) is 0.383. The van der Waals surface area contributed by atoms with Crippen molar-refractivity contribution in [2.75, 3.05) is 0 Å². The molecule has 32 heavy (non-hydrogen) atoms. The number of fused-ring (bicyclic) bond motifs is 1. The van der Waals surface area contributed by atoms with Gasteiger partial charge in [0, 0.05) is 12.1 Å². The van der Waals surface area contributed by atoms with E-state index < -0.39 is 11.7 Å². The molecule has 1 heterocycles. The second kappa shape index (κ2) is 8.92. The normalized spacial score (nSPS) is 11.5. The van der Waals surface area contributed by atoms with E-state index >= 15 is 0 Å². The van der Waals surface area contributed by atoms with Gasteiger partial charge in [0.15, 0.2) is 0 Å². The Morgan fingerprint density at radius 1 is 1.00 bits per heavy atom. The Kier molecular flexibility index (Phi) is 6.05. The molecule has 0 spiro atoms. The van der Waals surface area contributed by atoms with Crippen LogP contribution in [-0.4, -0.2) is 17.2 Å². The van der Waals surface area contributed by atoms with Gasteiger partial charge in [-0.15, -0.1) is 11.3 Å². The van der Waals surface area contributed by atoms with Crippen molar-refractivity contribution in [1.29, 1.82) is 0 Å². The van der Waals surface area contributed by atoms with Crippen molar-refractivity contribution < 1.29 is 22.8 Å². The average molecular weight is 454 g/mol. The first-order valence-electron chi connectivity index (χ1n) is 9.70. The number of aromatic nitrogens is 1. The molecule has 1 amide bonds. The van der Waals surface area contributed by atoms with Crippen molar-refractivity contribution in [2.45, 2.75) is 19.1 Å². The number of nitrogens with one attached hydrogen (secondary N) is 1. The Morgan fingerprint density at radius 3 is 2.56 bits per heavy atom. The standard InChI is InChI=1S/C24H17F3N2O2S/c25-24(26,27)19-6-2-5-17(10-19)18-7-8-20-21(11-18)32-23(29-20)12-22(31)28-13-15-3-1-4-16(9-15)14-30/h1-11,14H,12-13H2,(H,28,31). The highest BCUT2D eigenvalue weighted by Crippen LogP contribution is 2.33. The average Bonchev–Trinajstić information content (AvgIpc) is 3.18. The molecule has 0 atom stereocenters. The van der Waals surface area contributed by atoms with Crippen molar-refractivity contribution in [1.82, 2.24) is 10.3 Å². The summed E-state index contributed by atoms with van der Waals surface area (Å²) in [5.74, 6) is -0.210. The lowest BCUT2D eigenvalue weighted by molar-refractivity contribution is -0.137. The van der Waals surface area contributed by atoms with E-state index in [1.54, 1.807) is 42.5 Å². The van der Waals surface area contributed by atoms with Gasteiger partial charge >= 0.3 is 6.18 Å². The molecule has 0 aliphatic rings. The summed E-state index contributed by atoms with van der Waals surface area (Å²) in [7, 11) is 0. The Balaban J connectivity index is 1.47. The number of aldehydes is 1. The zero-order chi connectivity index (χ0) is 22.7. The highest BCUT2D eigenvalue weighted by atomic mass is 32.1. The number of carbonyl (C=O) groups is 2. The molecule has 0 saturated heterocycles. The molecule has 0 bridgehead atoms. The van der Waals surface area contributed by atoms with E-state index in [-0.39, 0.29) is 12.3 Å². The fourth-order valence-electron chi connectivity index (χ4n) is 3.28. The Bertz CT molecular complexity index is 1300. The van der Waals surface area contributed by atoms with Gasteiger partial charge in [-0.2, -0.15) is 13.2 Å². The molecular weight excluding hydrogens is 437 g/mol. The minimum Gasteiger partial charge on any atom is -0.352 e. The van der Waals surface area contributed by atoms with Crippen LogP contribution in [0.4, 0.5) is 13.2 Å². The molecule has 4 aromatic rings. The number of hydrogen-bond donors (Lipinski definition) is 1. The summed E-state index contributed by atoms with van der Waals surface area (Å²) >= 11 is 1.33. The van der Waals surface area contributed by atoms with E-state index in [9.17, 15) is 22.8 Å². The molecule has 0 unspecified atom stereocenters. The fourth-order valence-corrected chi connectivity index (χ4v) is 4.28. The second-order valence-electron chi connectivity index (χ2n) is 7.19. The van der Waals surface area contributed by atoms with Gasteiger partial charge in [0.1, 0.15) is 11.3 Å². The number of thiazole rings is 1. The van der Waals surface area contributed by atoms with Crippen molar-refractivity contribution in [3.8, 4) is 11.1 Å². The van der Waals surface area contributed by atoms with E-state index in [4.69, 9.17) is 0 Å². The number of carbonyl (C=O) groups excluding carboxylic acids is 2. The third kappa shape index (κ3) is 5.03. The van der Waals surface area contributed by atoms with Crippen LogP contribution in [0.3, 0.4) is 0 Å². The van der Waals surface area contributed by atoms with Crippen LogP contribution in [0.2, 0.25) is 0 Å². The Hall–Kier alpha value is -3.52. The monoisotopic (exact) mass is 454 g/mol. The molecule has 0 aliphatic heterocycles. The Labute approximate surface area is 185 Å². The number of nitrogens with zero attached hydrogens (tertiary/aromatic N) is 1. The summed E-state index contributed by atoms with van der Waals surface area (Å²) in [5, 5.41) is 3.42. The number of halogens is 3. The van der Waals surface area contributed by atoms with Crippen LogP contribution in [0.15, 0.2) is 66.7 Å². The molecule has 8 heteroatoms. The third-order valence-corrected chi connectivity index (χ3v) is 5.86. The smallest absolute Gasteiger partial charge is 0.352 e. The first-order valence-corrected chi connectivity index (χ1v) is 10.5. The van der Waals surface area contributed by atoms with E-state index in [0.29, 0.717) is 33.8 Å². The van der Waals surface area contributed by atoms with Crippen molar-refractivity contribution in [2.24, 2.45) is 0 Å². The summed E-state index contributed by atoms with van der Waals surface area (Å²) in [5.41, 5.74) is 2.46. The molecule has 1 N–H and O–H groups in total. The van der Waals surface area contributed by atoms with Crippen LogP contribution < -0.4 is 5.32 Å². The first kappa shape index (κ1) is 21.7. The number of alkyl halides is 3.